The van der Waals surface area contributed by atoms with Crippen molar-refractivity contribution in [3.8, 4) is 0 Å². The van der Waals surface area contributed by atoms with E-state index in [0.29, 0.717) is 5.69 Å². The molecule has 4 nitrogen and oxygen atoms in total. The molecule has 0 heterocycles. The van der Waals surface area contributed by atoms with Gasteiger partial charge in [-0.3, -0.25) is 9.59 Å². The topological polar surface area (TPSA) is 58.2 Å². The molecule has 0 radical (unpaired) electrons. The van der Waals surface area contributed by atoms with Gasteiger partial charge in [-0.1, -0.05) is 18.2 Å². The lowest BCUT2D eigenvalue weighted by Crippen LogP contribution is -2.46. The Morgan fingerprint density at radius 3 is 2.06 bits per heavy atom. The Balaban J connectivity index is 2.57. The molecule has 0 aliphatic rings. The van der Waals surface area contributed by atoms with Crippen molar-refractivity contribution in [3.05, 3.63) is 30.3 Å². The SMILES string of the molecule is CC(C)(C)NC(=O)C(=O)Nc1ccccc1. The molecule has 0 bridgehead atoms. The summed E-state index contributed by atoms with van der Waals surface area (Å²) in [6.45, 7) is 5.46. The average Bonchev–Trinajstić information content (AvgIpc) is 2.16. The molecular formula is C12H16N2O2. The fourth-order valence-corrected chi connectivity index (χ4v) is 1.11. The summed E-state index contributed by atoms with van der Waals surface area (Å²) in [6.07, 6.45) is 0. The Labute approximate surface area is 95.0 Å². The number of amides is 2. The maximum atomic E-state index is 11.5. The molecule has 0 aromatic heterocycles. The molecule has 16 heavy (non-hydrogen) atoms. The molecule has 0 aliphatic heterocycles. The van der Waals surface area contributed by atoms with Gasteiger partial charge in [-0.15, -0.1) is 0 Å². The van der Waals surface area contributed by atoms with Gasteiger partial charge >= 0.3 is 11.8 Å². The molecule has 4 heteroatoms. The molecule has 0 unspecified atom stereocenters. The van der Waals surface area contributed by atoms with Crippen LogP contribution < -0.4 is 10.6 Å². The van der Waals surface area contributed by atoms with E-state index in [1.54, 1.807) is 24.3 Å². The van der Waals surface area contributed by atoms with Crippen LogP contribution in [-0.4, -0.2) is 17.4 Å². The molecule has 2 N–H and O–H groups in total. The van der Waals surface area contributed by atoms with Crippen LogP contribution >= 0.6 is 0 Å². The van der Waals surface area contributed by atoms with Gasteiger partial charge in [-0.2, -0.15) is 0 Å². The van der Waals surface area contributed by atoms with E-state index in [0.717, 1.165) is 0 Å². The minimum atomic E-state index is -0.652. The molecule has 1 rings (SSSR count). The third-order valence-corrected chi connectivity index (χ3v) is 1.73. The van der Waals surface area contributed by atoms with Crippen LogP contribution in [0.3, 0.4) is 0 Å². The summed E-state index contributed by atoms with van der Waals surface area (Å²) in [5.41, 5.74) is 0.196. The van der Waals surface area contributed by atoms with Gasteiger partial charge in [0.05, 0.1) is 0 Å². The summed E-state index contributed by atoms with van der Waals surface area (Å²) in [6, 6.07) is 8.87. The van der Waals surface area contributed by atoms with Crippen molar-refractivity contribution in [1.82, 2.24) is 5.32 Å². The first-order valence-electron chi connectivity index (χ1n) is 5.07. The van der Waals surface area contributed by atoms with Crippen molar-refractivity contribution in [2.45, 2.75) is 26.3 Å². The van der Waals surface area contributed by atoms with Gasteiger partial charge in [0, 0.05) is 11.2 Å². The molecule has 0 atom stereocenters. The predicted molar refractivity (Wildman–Crippen MR) is 63.0 cm³/mol. The second-order valence-electron chi connectivity index (χ2n) is 4.52. The van der Waals surface area contributed by atoms with Crippen molar-refractivity contribution >= 4 is 17.5 Å². The highest BCUT2D eigenvalue weighted by Crippen LogP contribution is 2.05. The average molecular weight is 220 g/mol. The number of hydrogen-bond acceptors (Lipinski definition) is 2. The minimum Gasteiger partial charge on any atom is -0.343 e. The van der Waals surface area contributed by atoms with Crippen molar-refractivity contribution in [1.29, 1.82) is 0 Å². The number of para-hydroxylation sites is 1. The van der Waals surface area contributed by atoms with Gasteiger partial charge in [-0.05, 0) is 32.9 Å². The molecule has 2 amide bonds. The third-order valence-electron chi connectivity index (χ3n) is 1.73. The normalized spacial score (nSPS) is 10.7. The fraction of sp³-hybridized carbons (Fsp3) is 0.333. The van der Waals surface area contributed by atoms with E-state index in [4.69, 9.17) is 0 Å². The first kappa shape index (κ1) is 12.2. The van der Waals surface area contributed by atoms with Gasteiger partial charge < -0.3 is 10.6 Å². The second kappa shape index (κ2) is 4.79. The lowest BCUT2D eigenvalue weighted by atomic mass is 10.1. The standard InChI is InChI=1S/C12H16N2O2/c1-12(2,3)14-11(16)10(15)13-9-7-5-4-6-8-9/h4-8H,1-3H3,(H,13,15)(H,14,16). The van der Waals surface area contributed by atoms with Crippen LogP contribution in [0.4, 0.5) is 5.69 Å². The van der Waals surface area contributed by atoms with E-state index in [1.807, 2.05) is 26.8 Å². The van der Waals surface area contributed by atoms with Gasteiger partial charge in [0.2, 0.25) is 0 Å². The highest BCUT2D eigenvalue weighted by molar-refractivity contribution is 6.39. The summed E-state index contributed by atoms with van der Waals surface area (Å²) in [5.74, 6) is -1.28. The van der Waals surface area contributed by atoms with E-state index in [9.17, 15) is 9.59 Å². The zero-order chi connectivity index (χ0) is 12.2. The first-order valence-corrected chi connectivity index (χ1v) is 5.07. The Morgan fingerprint density at radius 2 is 1.56 bits per heavy atom. The van der Waals surface area contributed by atoms with Crippen LogP contribution in [0.1, 0.15) is 20.8 Å². The molecule has 86 valence electrons. The molecule has 0 fully saturated rings. The monoisotopic (exact) mass is 220 g/mol. The third kappa shape index (κ3) is 4.13. The smallest absolute Gasteiger partial charge is 0.313 e. The van der Waals surface area contributed by atoms with E-state index in [-0.39, 0.29) is 0 Å². The van der Waals surface area contributed by atoms with E-state index < -0.39 is 17.4 Å². The van der Waals surface area contributed by atoms with Gasteiger partial charge in [-0.25, -0.2) is 0 Å². The van der Waals surface area contributed by atoms with Crippen LogP contribution in [0.5, 0.6) is 0 Å². The first-order chi connectivity index (χ1) is 7.38. The summed E-state index contributed by atoms with van der Waals surface area (Å²) < 4.78 is 0. The molecule has 0 saturated heterocycles. The molecule has 1 aromatic carbocycles. The Kier molecular flexibility index (Phi) is 3.66. The Bertz CT molecular complexity index is 380. The van der Waals surface area contributed by atoms with Crippen LogP contribution in [0.15, 0.2) is 30.3 Å². The van der Waals surface area contributed by atoms with Crippen molar-refractivity contribution in [2.24, 2.45) is 0 Å². The number of nitrogens with one attached hydrogen (secondary N) is 2. The fourth-order valence-electron chi connectivity index (χ4n) is 1.11. The summed E-state index contributed by atoms with van der Waals surface area (Å²) in [4.78, 5) is 22.9. The van der Waals surface area contributed by atoms with Crippen molar-refractivity contribution in [3.63, 3.8) is 0 Å². The lowest BCUT2D eigenvalue weighted by molar-refractivity contribution is -0.137. The maximum absolute atomic E-state index is 11.5. The van der Waals surface area contributed by atoms with Crippen LogP contribution in [0, 0.1) is 0 Å². The number of benzene rings is 1. The van der Waals surface area contributed by atoms with Gasteiger partial charge in [0.25, 0.3) is 0 Å². The number of anilines is 1. The Hall–Kier alpha value is -1.84. The molecular weight excluding hydrogens is 204 g/mol. The summed E-state index contributed by atoms with van der Waals surface area (Å²) in [5, 5.41) is 5.10. The Morgan fingerprint density at radius 1 is 1.00 bits per heavy atom. The number of carbonyl (C=O) groups is 2. The largest absolute Gasteiger partial charge is 0.343 e. The zero-order valence-electron chi connectivity index (χ0n) is 9.70. The van der Waals surface area contributed by atoms with Crippen molar-refractivity contribution < 1.29 is 9.59 Å². The summed E-state index contributed by atoms with van der Waals surface area (Å²) in [7, 11) is 0. The number of carbonyl (C=O) groups excluding carboxylic acids is 2. The van der Waals surface area contributed by atoms with E-state index in [1.165, 1.54) is 0 Å². The number of hydrogen-bond donors (Lipinski definition) is 2. The minimum absolute atomic E-state index is 0.412. The zero-order valence-corrected chi connectivity index (χ0v) is 9.70. The van der Waals surface area contributed by atoms with Gasteiger partial charge in [0.1, 0.15) is 0 Å². The molecule has 0 saturated carbocycles. The van der Waals surface area contributed by atoms with Crippen LogP contribution in [-0.2, 0) is 9.59 Å². The predicted octanol–water partition coefficient (Wildman–Crippen LogP) is 1.54. The highest BCUT2D eigenvalue weighted by Gasteiger charge is 2.19. The lowest BCUT2D eigenvalue weighted by Gasteiger charge is -2.19. The van der Waals surface area contributed by atoms with Crippen molar-refractivity contribution in [2.75, 3.05) is 5.32 Å². The van der Waals surface area contributed by atoms with Gasteiger partial charge in [0.15, 0.2) is 0 Å². The van der Waals surface area contributed by atoms with Crippen LogP contribution in [0.2, 0.25) is 0 Å². The maximum Gasteiger partial charge on any atom is 0.313 e. The molecule has 0 aliphatic carbocycles. The highest BCUT2D eigenvalue weighted by atomic mass is 16.2. The van der Waals surface area contributed by atoms with Crippen LogP contribution in [0.25, 0.3) is 0 Å². The van der Waals surface area contributed by atoms with E-state index >= 15 is 0 Å². The summed E-state index contributed by atoms with van der Waals surface area (Å²) >= 11 is 0. The second-order valence-corrected chi connectivity index (χ2v) is 4.52. The van der Waals surface area contributed by atoms with E-state index in [2.05, 4.69) is 10.6 Å². The number of rotatable bonds is 1. The molecule has 1 aromatic rings. The quantitative estimate of drug-likeness (QED) is 0.705. The molecule has 0 spiro atoms.